The largest absolute Gasteiger partial charge is 0.382 e. The van der Waals surface area contributed by atoms with Crippen molar-refractivity contribution in [2.45, 2.75) is 38.5 Å². The standard InChI is InChI=1S/C12H22N4O2S2/c1-7(20(5)18)6-14-10(17)8-9(13)15-11(19-8)16-12(2,3)4/h7H,6,13H2,1-5H3,(H,14,17)(H,15,16). The third-order valence-corrected chi connectivity index (χ3v) is 4.74. The zero-order valence-corrected chi connectivity index (χ0v) is 14.1. The number of hydrogen-bond acceptors (Lipinski definition) is 6. The Morgan fingerprint density at radius 1 is 1.50 bits per heavy atom. The maximum absolute atomic E-state index is 12.0. The van der Waals surface area contributed by atoms with Gasteiger partial charge in [0, 0.05) is 34.4 Å². The molecule has 114 valence electrons. The monoisotopic (exact) mass is 318 g/mol. The Bertz CT molecular complexity index is 508. The molecule has 2 unspecified atom stereocenters. The summed E-state index contributed by atoms with van der Waals surface area (Å²) in [6, 6.07) is 0. The average Bonchev–Trinajstić information content (AvgIpc) is 2.63. The highest BCUT2D eigenvalue weighted by atomic mass is 32.2. The van der Waals surface area contributed by atoms with Gasteiger partial charge in [-0.25, -0.2) is 4.98 Å². The second-order valence-corrected chi connectivity index (χ2v) is 8.43. The van der Waals surface area contributed by atoms with Crippen molar-refractivity contribution in [3.63, 3.8) is 0 Å². The van der Waals surface area contributed by atoms with E-state index in [0.29, 0.717) is 16.6 Å². The third kappa shape index (κ3) is 5.09. The minimum atomic E-state index is -0.967. The van der Waals surface area contributed by atoms with Crippen molar-refractivity contribution < 1.29 is 9.00 Å². The molecule has 6 nitrogen and oxygen atoms in total. The van der Waals surface area contributed by atoms with Gasteiger partial charge in [0.1, 0.15) is 10.7 Å². The van der Waals surface area contributed by atoms with Gasteiger partial charge in [0.2, 0.25) is 0 Å². The number of hydrogen-bond donors (Lipinski definition) is 3. The van der Waals surface area contributed by atoms with Crippen LogP contribution in [0.3, 0.4) is 0 Å². The van der Waals surface area contributed by atoms with E-state index < -0.39 is 10.8 Å². The average molecular weight is 318 g/mol. The Morgan fingerprint density at radius 2 is 2.10 bits per heavy atom. The molecule has 2 atom stereocenters. The highest BCUT2D eigenvalue weighted by Gasteiger charge is 2.19. The number of nitrogens with one attached hydrogen (secondary N) is 2. The van der Waals surface area contributed by atoms with Gasteiger partial charge in [-0.05, 0) is 27.7 Å². The molecule has 0 saturated carbocycles. The third-order valence-electron chi connectivity index (χ3n) is 2.46. The predicted molar refractivity (Wildman–Crippen MR) is 85.8 cm³/mol. The van der Waals surface area contributed by atoms with Crippen LogP contribution >= 0.6 is 11.3 Å². The molecule has 20 heavy (non-hydrogen) atoms. The topological polar surface area (TPSA) is 97.1 Å². The highest BCUT2D eigenvalue weighted by Crippen LogP contribution is 2.27. The smallest absolute Gasteiger partial charge is 0.265 e. The molecule has 0 bridgehead atoms. The number of nitrogens with zero attached hydrogens (tertiary/aromatic N) is 1. The van der Waals surface area contributed by atoms with Gasteiger partial charge in [-0.2, -0.15) is 0 Å². The van der Waals surface area contributed by atoms with E-state index in [1.165, 1.54) is 11.3 Å². The van der Waals surface area contributed by atoms with Crippen LogP contribution in [0.5, 0.6) is 0 Å². The number of amides is 1. The molecule has 1 heterocycles. The molecule has 1 aromatic heterocycles. The van der Waals surface area contributed by atoms with E-state index in [4.69, 9.17) is 5.73 Å². The predicted octanol–water partition coefficient (Wildman–Crippen LogP) is 1.43. The van der Waals surface area contributed by atoms with Gasteiger partial charge >= 0.3 is 0 Å². The molecule has 1 aromatic rings. The number of anilines is 2. The van der Waals surface area contributed by atoms with Crippen molar-refractivity contribution in [1.82, 2.24) is 10.3 Å². The van der Waals surface area contributed by atoms with Crippen molar-refractivity contribution in [1.29, 1.82) is 0 Å². The first-order valence-corrected chi connectivity index (χ1v) is 8.69. The minimum Gasteiger partial charge on any atom is -0.382 e. The summed E-state index contributed by atoms with van der Waals surface area (Å²) in [6.45, 7) is 8.17. The summed E-state index contributed by atoms with van der Waals surface area (Å²) in [5, 5.41) is 6.43. The lowest BCUT2D eigenvalue weighted by molar-refractivity contribution is 0.0959. The molecule has 1 rings (SSSR count). The SMILES string of the molecule is CC(CNC(=O)c1sc(NC(C)(C)C)nc1N)S(C)=O. The van der Waals surface area contributed by atoms with Crippen LogP contribution in [0.2, 0.25) is 0 Å². The summed E-state index contributed by atoms with van der Waals surface area (Å²) >= 11 is 1.22. The maximum Gasteiger partial charge on any atom is 0.265 e. The van der Waals surface area contributed by atoms with E-state index in [2.05, 4.69) is 15.6 Å². The van der Waals surface area contributed by atoms with Crippen LogP contribution in [0.15, 0.2) is 0 Å². The Hall–Kier alpha value is -1.15. The van der Waals surface area contributed by atoms with E-state index in [0.717, 1.165) is 0 Å². The first-order chi connectivity index (χ1) is 9.10. The Balaban J connectivity index is 2.72. The van der Waals surface area contributed by atoms with Crippen molar-refractivity contribution in [3.8, 4) is 0 Å². The zero-order valence-electron chi connectivity index (χ0n) is 12.4. The van der Waals surface area contributed by atoms with E-state index in [1.807, 2.05) is 27.7 Å². The van der Waals surface area contributed by atoms with Crippen LogP contribution in [0.25, 0.3) is 0 Å². The van der Waals surface area contributed by atoms with Crippen LogP contribution < -0.4 is 16.4 Å². The van der Waals surface area contributed by atoms with E-state index in [1.54, 1.807) is 6.26 Å². The van der Waals surface area contributed by atoms with E-state index in [-0.39, 0.29) is 22.5 Å². The van der Waals surface area contributed by atoms with E-state index >= 15 is 0 Å². The van der Waals surface area contributed by atoms with Crippen LogP contribution in [-0.2, 0) is 10.8 Å². The number of rotatable bonds is 5. The van der Waals surface area contributed by atoms with Gasteiger partial charge in [0.25, 0.3) is 5.91 Å². The minimum absolute atomic E-state index is 0.0970. The van der Waals surface area contributed by atoms with Crippen LogP contribution in [0.1, 0.15) is 37.4 Å². The summed E-state index contributed by atoms with van der Waals surface area (Å²) in [5.74, 6) is -0.0659. The number of carbonyl (C=O) groups is 1. The fraction of sp³-hybridized carbons (Fsp3) is 0.667. The number of nitrogens with two attached hydrogens (primary N) is 1. The molecule has 0 saturated heterocycles. The lowest BCUT2D eigenvalue weighted by atomic mass is 10.1. The molecule has 0 aliphatic heterocycles. The lowest BCUT2D eigenvalue weighted by Gasteiger charge is -2.19. The second kappa shape index (κ2) is 6.53. The lowest BCUT2D eigenvalue weighted by Crippen LogP contribution is -2.32. The van der Waals surface area contributed by atoms with Gasteiger partial charge in [0.05, 0.1) is 0 Å². The first-order valence-electron chi connectivity index (χ1n) is 6.25. The number of thiazole rings is 1. The molecule has 0 aliphatic rings. The molecule has 0 aliphatic carbocycles. The summed E-state index contributed by atoms with van der Waals surface area (Å²) in [5.41, 5.74) is 5.62. The van der Waals surface area contributed by atoms with Crippen molar-refractivity contribution in [2.24, 2.45) is 0 Å². The number of carbonyl (C=O) groups excluding carboxylic acids is 1. The quantitative estimate of drug-likeness (QED) is 0.763. The molecule has 0 aromatic carbocycles. The number of nitrogen functional groups attached to an aromatic ring is 1. The van der Waals surface area contributed by atoms with Gasteiger partial charge in [-0.15, -0.1) is 0 Å². The summed E-state index contributed by atoms with van der Waals surface area (Å²) in [4.78, 5) is 16.5. The van der Waals surface area contributed by atoms with Gasteiger partial charge in [-0.1, -0.05) is 11.3 Å². The Labute approximate surface area is 126 Å². The fourth-order valence-electron chi connectivity index (χ4n) is 1.30. The molecule has 8 heteroatoms. The normalized spacial score (nSPS) is 14.7. The van der Waals surface area contributed by atoms with E-state index in [9.17, 15) is 9.00 Å². The first kappa shape index (κ1) is 16.9. The highest BCUT2D eigenvalue weighted by molar-refractivity contribution is 7.84. The molecule has 0 fully saturated rings. The zero-order chi connectivity index (χ0) is 15.5. The molecule has 4 N–H and O–H groups in total. The Morgan fingerprint density at radius 3 is 2.60 bits per heavy atom. The van der Waals surface area contributed by atoms with Crippen molar-refractivity contribution >= 4 is 39.0 Å². The summed E-state index contributed by atoms with van der Waals surface area (Å²) in [7, 11) is -0.967. The van der Waals surface area contributed by atoms with Gasteiger partial charge in [0.15, 0.2) is 5.13 Å². The molecule has 0 spiro atoms. The maximum atomic E-state index is 12.0. The van der Waals surface area contributed by atoms with Gasteiger partial charge in [-0.3, -0.25) is 9.00 Å². The van der Waals surface area contributed by atoms with Gasteiger partial charge < -0.3 is 16.4 Å². The molecule has 0 radical (unpaired) electrons. The van der Waals surface area contributed by atoms with Crippen LogP contribution in [0.4, 0.5) is 10.9 Å². The summed E-state index contributed by atoms with van der Waals surface area (Å²) < 4.78 is 11.2. The van der Waals surface area contributed by atoms with Crippen LogP contribution in [-0.4, -0.2) is 38.7 Å². The second-order valence-electron chi connectivity index (χ2n) is 5.63. The Kier molecular flexibility index (Phi) is 5.52. The molecule has 1 amide bonds. The fourth-order valence-corrected chi connectivity index (χ4v) is 2.63. The van der Waals surface area contributed by atoms with Crippen molar-refractivity contribution in [3.05, 3.63) is 4.88 Å². The molecular weight excluding hydrogens is 296 g/mol. The number of aromatic nitrogens is 1. The summed E-state index contributed by atoms with van der Waals surface area (Å²) in [6.07, 6.45) is 1.61. The van der Waals surface area contributed by atoms with Crippen LogP contribution in [0, 0.1) is 0 Å². The molecular formula is C12H22N4O2S2. The van der Waals surface area contributed by atoms with Crippen molar-refractivity contribution in [2.75, 3.05) is 23.9 Å².